The van der Waals surface area contributed by atoms with Crippen LogP contribution in [0.5, 0.6) is 17.4 Å². The van der Waals surface area contributed by atoms with E-state index in [0.717, 1.165) is 12.8 Å². The summed E-state index contributed by atoms with van der Waals surface area (Å²) in [7, 11) is 0. The smallest absolute Gasteiger partial charge is 0.267 e. The van der Waals surface area contributed by atoms with Crippen LogP contribution in [0.25, 0.3) is 0 Å². The molecule has 7 nitrogen and oxygen atoms in total. The third kappa shape index (κ3) is 3.42. The van der Waals surface area contributed by atoms with E-state index in [-0.39, 0.29) is 18.1 Å². The molecule has 3 unspecified atom stereocenters. The van der Waals surface area contributed by atoms with Crippen molar-refractivity contribution in [1.29, 1.82) is 0 Å². The molecule has 1 saturated heterocycles. The van der Waals surface area contributed by atoms with Crippen LogP contribution >= 0.6 is 0 Å². The van der Waals surface area contributed by atoms with Crippen LogP contribution in [-0.4, -0.2) is 52.4 Å². The summed E-state index contributed by atoms with van der Waals surface area (Å²) in [5.41, 5.74) is 0. The van der Waals surface area contributed by atoms with Crippen molar-refractivity contribution in [3.63, 3.8) is 0 Å². The van der Waals surface area contributed by atoms with Crippen molar-refractivity contribution in [2.24, 2.45) is 0 Å². The Balaban J connectivity index is 1.43. The van der Waals surface area contributed by atoms with Crippen molar-refractivity contribution in [3.8, 4) is 17.4 Å². The topological polar surface area (TPSA) is 73.8 Å². The first-order chi connectivity index (χ1) is 12.7. The highest BCUT2D eigenvalue weighted by Crippen LogP contribution is 2.34. The number of aromatic nitrogens is 2. The molecule has 1 aromatic carbocycles. The van der Waals surface area contributed by atoms with E-state index >= 15 is 0 Å². The van der Waals surface area contributed by atoms with Gasteiger partial charge in [-0.3, -0.25) is 4.79 Å². The first-order valence-electron chi connectivity index (χ1n) is 8.86. The van der Waals surface area contributed by atoms with Crippen LogP contribution in [0.15, 0.2) is 42.6 Å². The van der Waals surface area contributed by atoms with Gasteiger partial charge in [0.15, 0.2) is 11.5 Å². The molecule has 1 fully saturated rings. The van der Waals surface area contributed by atoms with Crippen LogP contribution in [0.4, 0.5) is 0 Å². The van der Waals surface area contributed by atoms with E-state index in [0.29, 0.717) is 30.5 Å². The molecule has 136 valence electrons. The largest absolute Gasteiger partial charge is 0.482 e. The molecule has 4 rings (SSSR count). The third-order valence-electron chi connectivity index (χ3n) is 4.61. The maximum absolute atomic E-state index is 13.0. The summed E-state index contributed by atoms with van der Waals surface area (Å²) in [6.45, 7) is 3.05. The van der Waals surface area contributed by atoms with Crippen molar-refractivity contribution < 1.29 is 19.0 Å². The van der Waals surface area contributed by atoms with E-state index in [9.17, 15) is 4.79 Å². The van der Waals surface area contributed by atoms with Gasteiger partial charge in [-0.2, -0.15) is 5.10 Å². The van der Waals surface area contributed by atoms with Crippen LogP contribution in [0.1, 0.15) is 19.8 Å². The van der Waals surface area contributed by atoms with Crippen molar-refractivity contribution >= 4 is 5.91 Å². The van der Waals surface area contributed by atoms with Gasteiger partial charge in [0.1, 0.15) is 12.2 Å². The van der Waals surface area contributed by atoms with E-state index in [4.69, 9.17) is 14.2 Å². The van der Waals surface area contributed by atoms with Gasteiger partial charge in [-0.1, -0.05) is 12.1 Å². The molecule has 0 saturated carbocycles. The van der Waals surface area contributed by atoms with E-state index in [1.54, 1.807) is 23.2 Å². The molecule has 0 N–H and O–H groups in total. The number of ether oxygens (including phenoxy) is 3. The Bertz CT molecular complexity index is 770. The van der Waals surface area contributed by atoms with Crippen molar-refractivity contribution in [3.05, 3.63) is 42.6 Å². The summed E-state index contributed by atoms with van der Waals surface area (Å²) in [6, 6.07) is 11.0. The van der Waals surface area contributed by atoms with Crippen molar-refractivity contribution in [1.82, 2.24) is 15.1 Å². The molecule has 0 spiro atoms. The number of fused-ring (bicyclic) bond motifs is 1. The molecular weight excluding hydrogens is 334 g/mol. The number of hydrogen-bond acceptors (Lipinski definition) is 6. The molecule has 1 amide bonds. The number of para-hydroxylation sites is 2. The van der Waals surface area contributed by atoms with Gasteiger partial charge >= 0.3 is 0 Å². The van der Waals surface area contributed by atoms with Crippen LogP contribution in [0, 0.1) is 0 Å². The summed E-state index contributed by atoms with van der Waals surface area (Å²) in [6.07, 6.45) is 2.24. The average molecular weight is 355 g/mol. The maximum atomic E-state index is 13.0. The SMILES string of the molecule is CC1Oc2ccccc2OC1C(=O)N1CCCC(Oc2cccnn2)C1. The molecule has 0 bridgehead atoms. The lowest BCUT2D eigenvalue weighted by Crippen LogP contribution is -2.54. The summed E-state index contributed by atoms with van der Waals surface area (Å²) in [5, 5.41) is 7.77. The minimum Gasteiger partial charge on any atom is -0.482 e. The van der Waals surface area contributed by atoms with Gasteiger partial charge in [-0.05, 0) is 38.0 Å². The summed E-state index contributed by atoms with van der Waals surface area (Å²) >= 11 is 0. The Morgan fingerprint density at radius 3 is 2.77 bits per heavy atom. The molecule has 0 radical (unpaired) electrons. The molecule has 3 atom stereocenters. The number of carbonyl (C=O) groups is 1. The standard InChI is InChI=1S/C19H21N3O4/c1-13-18(26-16-8-3-2-7-15(16)24-13)19(23)22-11-5-6-14(12-22)25-17-9-4-10-20-21-17/h2-4,7-10,13-14,18H,5-6,11-12H2,1H3. The predicted molar refractivity (Wildman–Crippen MR) is 93.2 cm³/mol. The molecule has 0 aliphatic carbocycles. The zero-order valence-electron chi connectivity index (χ0n) is 14.6. The number of hydrogen-bond donors (Lipinski definition) is 0. The van der Waals surface area contributed by atoms with Crippen LogP contribution in [0.3, 0.4) is 0 Å². The summed E-state index contributed by atoms with van der Waals surface area (Å²) in [5.74, 6) is 1.69. The number of nitrogens with zero attached hydrogens (tertiary/aromatic N) is 3. The Kier molecular flexibility index (Phi) is 4.60. The first-order valence-corrected chi connectivity index (χ1v) is 8.86. The van der Waals surface area contributed by atoms with Crippen molar-refractivity contribution in [2.45, 2.75) is 38.1 Å². The summed E-state index contributed by atoms with van der Waals surface area (Å²) in [4.78, 5) is 14.8. The summed E-state index contributed by atoms with van der Waals surface area (Å²) < 4.78 is 17.7. The van der Waals surface area contributed by atoms with Crippen LogP contribution < -0.4 is 14.2 Å². The number of piperidine rings is 1. The number of carbonyl (C=O) groups excluding carboxylic acids is 1. The molecule has 2 aliphatic rings. The minimum absolute atomic E-state index is 0.0700. The second kappa shape index (κ2) is 7.19. The van der Waals surface area contributed by atoms with Gasteiger partial charge in [0, 0.05) is 18.8 Å². The predicted octanol–water partition coefficient (Wildman–Crippen LogP) is 2.07. The fraction of sp³-hybridized carbons (Fsp3) is 0.421. The zero-order chi connectivity index (χ0) is 17.9. The lowest BCUT2D eigenvalue weighted by Gasteiger charge is -2.37. The lowest BCUT2D eigenvalue weighted by molar-refractivity contribution is -0.147. The van der Waals surface area contributed by atoms with E-state index in [1.807, 2.05) is 31.2 Å². The number of rotatable bonds is 3. The molecule has 2 aliphatic heterocycles. The molecule has 1 aromatic heterocycles. The maximum Gasteiger partial charge on any atom is 0.267 e. The minimum atomic E-state index is -0.653. The molecular formula is C19H21N3O4. The second-order valence-corrected chi connectivity index (χ2v) is 6.54. The lowest BCUT2D eigenvalue weighted by atomic mass is 10.1. The van der Waals surface area contributed by atoms with E-state index < -0.39 is 6.10 Å². The van der Waals surface area contributed by atoms with Gasteiger partial charge in [-0.15, -0.1) is 5.10 Å². The van der Waals surface area contributed by atoms with Crippen molar-refractivity contribution in [2.75, 3.05) is 13.1 Å². The molecule has 7 heteroatoms. The molecule has 2 aromatic rings. The molecule has 26 heavy (non-hydrogen) atoms. The quantitative estimate of drug-likeness (QED) is 0.839. The molecule has 3 heterocycles. The Morgan fingerprint density at radius 1 is 1.19 bits per heavy atom. The Morgan fingerprint density at radius 2 is 2.00 bits per heavy atom. The number of benzene rings is 1. The van der Waals surface area contributed by atoms with E-state index in [2.05, 4.69) is 10.2 Å². The van der Waals surface area contributed by atoms with E-state index in [1.165, 1.54) is 0 Å². The number of likely N-dealkylation sites (tertiary alicyclic amines) is 1. The van der Waals surface area contributed by atoms with Crippen LogP contribution in [-0.2, 0) is 4.79 Å². The fourth-order valence-corrected chi connectivity index (χ4v) is 3.33. The monoisotopic (exact) mass is 355 g/mol. The second-order valence-electron chi connectivity index (χ2n) is 6.54. The zero-order valence-corrected chi connectivity index (χ0v) is 14.6. The first kappa shape index (κ1) is 16.6. The average Bonchev–Trinajstić information content (AvgIpc) is 2.68. The van der Waals surface area contributed by atoms with Gasteiger partial charge in [0.05, 0.1) is 6.54 Å². The highest BCUT2D eigenvalue weighted by molar-refractivity contribution is 5.82. The van der Waals surface area contributed by atoms with Gasteiger partial charge in [0.25, 0.3) is 5.91 Å². The fourth-order valence-electron chi connectivity index (χ4n) is 3.33. The highest BCUT2D eigenvalue weighted by Gasteiger charge is 2.38. The normalized spacial score (nSPS) is 24.8. The van der Waals surface area contributed by atoms with Gasteiger partial charge in [-0.25, -0.2) is 0 Å². The Hall–Kier alpha value is -2.83. The Labute approximate surface area is 151 Å². The highest BCUT2D eigenvalue weighted by atomic mass is 16.6. The van der Waals surface area contributed by atoms with Gasteiger partial charge < -0.3 is 19.1 Å². The van der Waals surface area contributed by atoms with Gasteiger partial charge in [0.2, 0.25) is 12.0 Å². The van der Waals surface area contributed by atoms with Crippen LogP contribution in [0.2, 0.25) is 0 Å². The number of amides is 1. The third-order valence-corrected chi connectivity index (χ3v) is 4.61.